The van der Waals surface area contributed by atoms with Gasteiger partial charge in [-0.15, -0.1) is 0 Å². The van der Waals surface area contributed by atoms with Crippen molar-refractivity contribution in [2.45, 2.75) is 290 Å². The Hall–Kier alpha value is -3.33. The molecule has 0 aromatic carbocycles. The van der Waals surface area contributed by atoms with Gasteiger partial charge in [0.1, 0.15) is 19.8 Å². The number of rotatable bonds is 61. The van der Waals surface area contributed by atoms with E-state index in [4.69, 9.17) is 18.5 Å². The second kappa shape index (κ2) is 62.2. The molecule has 0 heterocycles. The summed E-state index contributed by atoms with van der Waals surface area (Å²) in [6.07, 6.45) is 87.5. The number of hydrogen-bond donors (Lipinski definition) is 1. The number of nitrogens with zero attached hydrogens (tertiary/aromatic N) is 1. The number of esters is 2. The van der Waals surface area contributed by atoms with E-state index in [1.165, 1.54) is 161 Å². The van der Waals surface area contributed by atoms with Gasteiger partial charge >= 0.3 is 19.8 Å². The Morgan fingerprint density at radius 2 is 0.695 bits per heavy atom. The highest BCUT2D eigenvalue weighted by atomic mass is 31.2. The Kier molecular flexibility index (Phi) is 59.7. The molecule has 0 spiro atoms. The van der Waals surface area contributed by atoms with E-state index in [0.29, 0.717) is 17.4 Å². The Bertz CT molecular complexity index is 1750. The average Bonchev–Trinajstić information content (AvgIpc) is 3.45. The average molecular weight is 1170 g/mol. The number of allylic oxidation sites excluding steroid dienone is 18. The van der Waals surface area contributed by atoms with Crippen LogP contribution in [0, 0.1) is 0 Å². The summed E-state index contributed by atoms with van der Waals surface area (Å²) < 4.78 is 34.7. The second-order valence-corrected chi connectivity index (χ2v) is 24.9. The van der Waals surface area contributed by atoms with Crippen LogP contribution in [0.25, 0.3) is 0 Å². The van der Waals surface area contributed by atoms with Gasteiger partial charge in [0.05, 0.1) is 27.7 Å². The minimum Gasteiger partial charge on any atom is -0.462 e. The van der Waals surface area contributed by atoms with Gasteiger partial charge in [0, 0.05) is 12.8 Å². The Balaban J connectivity index is 4.09. The van der Waals surface area contributed by atoms with E-state index in [1.54, 1.807) is 0 Å². The first kappa shape index (κ1) is 78.7. The molecule has 472 valence electrons. The Morgan fingerprint density at radius 1 is 0.390 bits per heavy atom. The summed E-state index contributed by atoms with van der Waals surface area (Å²) in [4.78, 5) is 35.8. The summed E-state index contributed by atoms with van der Waals surface area (Å²) in [6, 6.07) is 0. The molecule has 0 aromatic heterocycles. The molecule has 0 saturated heterocycles. The number of hydrogen-bond acceptors (Lipinski definition) is 7. The van der Waals surface area contributed by atoms with Gasteiger partial charge in [0.25, 0.3) is 0 Å². The molecule has 0 aliphatic carbocycles. The highest BCUT2D eigenvalue weighted by Crippen LogP contribution is 2.43. The first-order valence-electron chi connectivity index (χ1n) is 33.6. The van der Waals surface area contributed by atoms with Crippen molar-refractivity contribution < 1.29 is 42.1 Å². The van der Waals surface area contributed by atoms with Gasteiger partial charge in [-0.3, -0.25) is 18.6 Å². The summed E-state index contributed by atoms with van der Waals surface area (Å²) in [6.45, 7) is 4.32. The monoisotopic (exact) mass is 1160 g/mol. The van der Waals surface area contributed by atoms with E-state index in [9.17, 15) is 19.0 Å². The Morgan fingerprint density at radius 3 is 1.04 bits per heavy atom. The van der Waals surface area contributed by atoms with E-state index < -0.39 is 26.5 Å². The standard InChI is InChI=1S/C72H126NO8P/c1-6-8-10-12-14-16-18-20-22-24-26-28-30-31-32-33-34-35-36-37-38-39-40-41-43-45-47-49-51-53-55-57-59-61-63-65-72(75)81-70(69-80-82(76,77)79-67-66-73(3,4)5)68-78-71(74)64-62-60-58-56-54-52-50-48-46-44-42-29-27-25-23-21-19-17-15-13-11-9-7-2/h8,10,14,16,19-22,25-28,31-32,34-35,37-38,70H,6-7,9,11-13,15,17-18,23-24,29-30,33,36,39-69H2,1-5H3/p+1/b10-8-,16-14-,21-19-,22-20-,27-25-,28-26-,32-31-,35-34-,38-37-. The highest BCUT2D eigenvalue weighted by molar-refractivity contribution is 7.47. The summed E-state index contributed by atoms with van der Waals surface area (Å²) in [5, 5.41) is 0. The summed E-state index contributed by atoms with van der Waals surface area (Å²) in [7, 11) is 1.47. The molecule has 82 heavy (non-hydrogen) atoms. The molecule has 0 amide bonds. The third kappa shape index (κ3) is 65.8. The largest absolute Gasteiger partial charge is 0.472 e. The van der Waals surface area contributed by atoms with Gasteiger partial charge in [-0.1, -0.05) is 277 Å². The molecular weight excluding hydrogens is 1040 g/mol. The fourth-order valence-corrected chi connectivity index (χ4v) is 9.89. The molecule has 0 bridgehead atoms. The molecule has 0 fully saturated rings. The number of quaternary nitrogens is 1. The second-order valence-electron chi connectivity index (χ2n) is 23.5. The van der Waals surface area contributed by atoms with Crippen molar-refractivity contribution in [3.8, 4) is 0 Å². The molecular formula is C72H127NO8P+. The normalized spacial score (nSPS) is 13.9. The molecule has 2 atom stereocenters. The fraction of sp³-hybridized carbons (Fsp3) is 0.722. The molecule has 0 radical (unpaired) electrons. The summed E-state index contributed by atoms with van der Waals surface area (Å²) in [5.74, 6) is -0.798. The number of unbranched alkanes of at least 4 members (excludes halogenated alkanes) is 29. The van der Waals surface area contributed by atoms with Crippen LogP contribution in [0.1, 0.15) is 284 Å². The minimum absolute atomic E-state index is 0.0276. The van der Waals surface area contributed by atoms with Crippen LogP contribution >= 0.6 is 7.82 Å². The van der Waals surface area contributed by atoms with Crippen molar-refractivity contribution in [2.24, 2.45) is 0 Å². The number of likely N-dealkylation sites (N-methyl/N-ethyl adjacent to an activating group) is 1. The topological polar surface area (TPSA) is 108 Å². The zero-order valence-corrected chi connectivity index (χ0v) is 54.6. The third-order valence-electron chi connectivity index (χ3n) is 14.3. The first-order chi connectivity index (χ1) is 40.0. The summed E-state index contributed by atoms with van der Waals surface area (Å²) in [5.41, 5.74) is 0. The van der Waals surface area contributed by atoms with Crippen LogP contribution < -0.4 is 0 Å². The van der Waals surface area contributed by atoms with E-state index in [2.05, 4.69) is 123 Å². The number of ether oxygens (including phenoxy) is 2. The van der Waals surface area contributed by atoms with Crippen LogP contribution in [-0.2, 0) is 32.7 Å². The van der Waals surface area contributed by atoms with Gasteiger partial charge in [-0.2, -0.15) is 0 Å². The molecule has 2 unspecified atom stereocenters. The molecule has 0 aliphatic rings. The number of carbonyl (C=O) groups is 2. The van der Waals surface area contributed by atoms with Gasteiger partial charge in [-0.05, 0) is 103 Å². The molecule has 10 heteroatoms. The van der Waals surface area contributed by atoms with Gasteiger partial charge < -0.3 is 18.9 Å². The van der Waals surface area contributed by atoms with Crippen molar-refractivity contribution in [1.82, 2.24) is 0 Å². The third-order valence-corrected chi connectivity index (χ3v) is 15.3. The maximum Gasteiger partial charge on any atom is 0.472 e. The van der Waals surface area contributed by atoms with Crippen LogP contribution in [-0.4, -0.2) is 74.9 Å². The molecule has 1 N–H and O–H groups in total. The van der Waals surface area contributed by atoms with E-state index in [-0.39, 0.29) is 32.0 Å². The summed E-state index contributed by atoms with van der Waals surface area (Å²) >= 11 is 0. The SMILES string of the molecule is CC/C=C\C/C=C\C/C=C\C/C=C\C/C=C\C/C=C\C/C=C\CCCCCCCCCCCCCCCC(=O)OC(COC(=O)CCCCCCCCCCCCC/C=C\C/C=C\CCCCCCC)COP(=O)(O)OCC[N+](C)(C)C. The molecule has 0 rings (SSSR count). The van der Waals surface area contributed by atoms with Crippen LogP contribution in [0.2, 0.25) is 0 Å². The maximum absolute atomic E-state index is 12.9. The van der Waals surface area contributed by atoms with Gasteiger partial charge in [0.2, 0.25) is 0 Å². The zero-order valence-electron chi connectivity index (χ0n) is 53.7. The molecule has 9 nitrogen and oxygen atoms in total. The van der Waals surface area contributed by atoms with Gasteiger partial charge in [0.15, 0.2) is 6.10 Å². The number of phosphoric acid groups is 1. The van der Waals surface area contributed by atoms with Crippen LogP contribution in [0.5, 0.6) is 0 Å². The molecule has 0 aromatic rings. The highest BCUT2D eigenvalue weighted by Gasteiger charge is 2.27. The predicted molar refractivity (Wildman–Crippen MR) is 353 cm³/mol. The van der Waals surface area contributed by atoms with Crippen molar-refractivity contribution in [1.29, 1.82) is 0 Å². The molecule has 0 saturated carbocycles. The quantitative estimate of drug-likeness (QED) is 0.0211. The van der Waals surface area contributed by atoms with Crippen molar-refractivity contribution in [2.75, 3.05) is 47.5 Å². The van der Waals surface area contributed by atoms with Crippen molar-refractivity contribution in [3.63, 3.8) is 0 Å². The zero-order chi connectivity index (χ0) is 59.8. The van der Waals surface area contributed by atoms with Gasteiger partial charge in [-0.25, -0.2) is 4.57 Å². The minimum atomic E-state index is -4.40. The smallest absolute Gasteiger partial charge is 0.462 e. The first-order valence-corrected chi connectivity index (χ1v) is 35.1. The fourth-order valence-electron chi connectivity index (χ4n) is 9.15. The number of phosphoric ester groups is 1. The number of carbonyl (C=O) groups excluding carboxylic acids is 2. The predicted octanol–water partition coefficient (Wildman–Crippen LogP) is 21.7. The maximum atomic E-state index is 12.9. The lowest BCUT2D eigenvalue weighted by Gasteiger charge is -2.24. The lowest BCUT2D eigenvalue weighted by atomic mass is 10.0. The van der Waals surface area contributed by atoms with Crippen molar-refractivity contribution in [3.05, 3.63) is 109 Å². The van der Waals surface area contributed by atoms with E-state index in [1.807, 2.05) is 21.1 Å². The molecule has 0 aliphatic heterocycles. The van der Waals surface area contributed by atoms with Crippen LogP contribution in [0.15, 0.2) is 109 Å². The van der Waals surface area contributed by atoms with Crippen LogP contribution in [0.3, 0.4) is 0 Å². The van der Waals surface area contributed by atoms with E-state index >= 15 is 0 Å². The Labute approximate surface area is 506 Å². The van der Waals surface area contributed by atoms with E-state index in [0.717, 1.165) is 89.9 Å². The lowest BCUT2D eigenvalue weighted by Crippen LogP contribution is -2.37. The lowest BCUT2D eigenvalue weighted by molar-refractivity contribution is -0.870. The van der Waals surface area contributed by atoms with Crippen molar-refractivity contribution >= 4 is 19.8 Å². The van der Waals surface area contributed by atoms with Crippen LogP contribution in [0.4, 0.5) is 0 Å².